The number of nitrogens with zero attached hydrogens (tertiary/aromatic N) is 2. The van der Waals surface area contributed by atoms with Crippen molar-refractivity contribution in [3.05, 3.63) is 11.6 Å². The van der Waals surface area contributed by atoms with E-state index in [9.17, 15) is 0 Å². The topological polar surface area (TPSA) is 67.6 Å². The van der Waals surface area contributed by atoms with E-state index in [4.69, 9.17) is 5.73 Å². The lowest BCUT2D eigenvalue weighted by Gasteiger charge is -2.22. The number of rotatable bonds is 4. The molecule has 0 bridgehead atoms. The van der Waals surface area contributed by atoms with Crippen LogP contribution in [0.1, 0.15) is 63.5 Å². The monoisotopic (exact) mass is 222 g/mol. The van der Waals surface area contributed by atoms with E-state index in [1.807, 2.05) is 0 Å². The first-order valence-corrected chi connectivity index (χ1v) is 6.32. The zero-order valence-electron chi connectivity index (χ0n) is 10.3. The zero-order chi connectivity index (χ0) is 11.6. The normalized spacial score (nSPS) is 21.2. The van der Waals surface area contributed by atoms with Gasteiger partial charge in [-0.2, -0.15) is 5.10 Å². The Labute approximate surface area is 97.0 Å². The molecule has 0 amide bonds. The summed E-state index contributed by atoms with van der Waals surface area (Å²) in [5.41, 5.74) is 5.74. The lowest BCUT2D eigenvalue weighted by molar-refractivity contribution is 0.439. The quantitative estimate of drug-likeness (QED) is 0.819. The number of hydrogen-bond acceptors (Lipinski definition) is 3. The summed E-state index contributed by atoms with van der Waals surface area (Å²) in [4.78, 5) is 4.66. The number of nitrogens with one attached hydrogen (secondary N) is 1. The van der Waals surface area contributed by atoms with Crippen LogP contribution in [0.3, 0.4) is 0 Å². The second kappa shape index (κ2) is 4.53. The summed E-state index contributed by atoms with van der Waals surface area (Å²) < 4.78 is 0. The van der Waals surface area contributed by atoms with Gasteiger partial charge in [-0.25, -0.2) is 4.98 Å². The Balaban J connectivity index is 2.17. The minimum Gasteiger partial charge on any atom is -0.329 e. The van der Waals surface area contributed by atoms with Crippen molar-refractivity contribution >= 4 is 0 Å². The molecule has 1 fully saturated rings. The molecule has 90 valence electrons. The molecular formula is C12H22N4. The Morgan fingerprint density at radius 3 is 2.69 bits per heavy atom. The lowest BCUT2D eigenvalue weighted by atomic mass is 9.87. The van der Waals surface area contributed by atoms with E-state index in [-0.39, 0.29) is 5.41 Å². The highest BCUT2D eigenvalue weighted by atomic mass is 15.2. The Hall–Kier alpha value is -0.900. The summed E-state index contributed by atoms with van der Waals surface area (Å²) in [5.74, 6) is 2.56. The van der Waals surface area contributed by atoms with Gasteiger partial charge in [0.05, 0.1) is 0 Å². The van der Waals surface area contributed by atoms with Crippen LogP contribution in [0.4, 0.5) is 0 Å². The number of hydrogen-bond donors (Lipinski definition) is 2. The fraction of sp³-hybridized carbons (Fsp3) is 0.833. The van der Waals surface area contributed by atoms with Crippen LogP contribution in [0.15, 0.2) is 0 Å². The molecule has 1 saturated carbocycles. The molecule has 0 radical (unpaired) electrons. The van der Waals surface area contributed by atoms with Crippen LogP contribution in [0.5, 0.6) is 0 Å². The van der Waals surface area contributed by atoms with Gasteiger partial charge >= 0.3 is 0 Å². The van der Waals surface area contributed by atoms with E-state index in [2.05, 4.69) is 29.0 Å². The summed E-state index contributed by atoms with van der Waals surface area (Å²) in [6, 6.07) is 0. The van der Waals surface area contributed by atoms with Gasteiger partial charge in [0.1, 0.15) is 5.82 Å². The van der Waals surface area contributed by atoms with E-state index < -0.39 is 0 Å². The van der Waals surface area contributed by atoms with Gasteiger partial charge in [0.15, 0.2) is 5.82 Å². The van der Waals surface area contributed by atoms with Crippen LogP contribution >= 0.6 is 0 Å². The van der Waals surface area contributed by atoms with Crippen LogP contribution in [-0.2, 0) is 5.41 Å². The molecule has 4 nitrogen and oxygen atoms in total. The Morgan fingerprint density at radius 1 is 1.44 bits per heavy atom. The summed E-state index contributed by atoms with van der Waals surface area (Å²) in [7, 11) is 0. The van der Waals surface area contributed by atoms with Crippen molar-refractivity contribution in [2.45, 2.75) is 57.3 Å². The number of aromatic nitrogens is 3. The average Bonchev–Trinajstić information content (AvgIpc) is 2.97. The van der Waals surface area contributed by atoms with Gasteiger partial charge < -0.3 is 5.73 Å². The largest absolute Gasteiger partial charge is 0.329 e. The first-order valence-electron chi connectivity index (χ1n) is 6.32. The number of nitrogens with two attached hydrogens (primary N) is 1. The third-order valence-electron chi connectivity index (χ3n) is 4.02. The Kier molecular flexibility index (Phi) is 3.28. The molecule has 2 rings (SSSR count). The SMILES string of the molecule is CCC(C)(CN)c1n[nH]c(C2CCCC2)n1. The van der Waals surface area contributed by atoms with Gasteiger partial charge in [-0.15, -0.1) is 0 Å². The molecule has 0 aliphatic heterocycles. The highest BCUT2D eigenvalue weighted by Crippen LogP contribution is 2.33. The Morgan fingerprint density at radius 2 is 2.12 bits per heavy atom. The van der Waals surface area contributed by atoms with E-state index >= 15 is 0 Å². The summed E-state index contributed by atoms with van der Waals surface area (Å²) in [6.07, 6.45) is 6.12. The molecule has 1 aromatic heterocycles. The molecule has 1 aliphatic rings. The third kappa shape index (κ3) is 1.98. The molecule has 3 N–H and O–H groups in total. The van der Waals surface area contributed by atoms with Gasteiger partial charge in [0.25, 0.3) is 0 Å². The molecule has 1 unspecified atom stereocenters. The van der Waals surface area contributed by atoms with Crippen LogP contribution in [-0.4, -0.2) is 21.7 Å². The maximum atomic E-state index is 5.82. The van der Waals surface area contributed by atoms with Crippen LogP contribution < -0.4 is 5.73 Å². The molecule has 0 spiro atoms. The lowest BCUT2D eigenvalue weighted by Crippen LogP contribution is -2.32. The summed E-state index contributed by atoms with van der Waals surface area (Å²) in [6.45, 7) is 4.87. The van der Waals surface area contributed by atoms with Crippen molar-refractivity contribution in [3.63, 3.8) is 0 Å². The predicted octanol–water partition coefficient (Wildman–Crippen LogP) is 2.09. The molecule has 1 aromatic rings. The minimum atomic E-state index is -0.0760. The zero-order valence-corrected chi connectivity index (χ0v) is 10.3. The maximum Gasteiger partial charge on any atom is 0.157 e. The van der Waals surface area contributed by atoms with Gasteiger partial charge in [0, 0.05) is 17.9 Å². The first kappa shape index (κ1) is 11.6. The fourth-order valence-corrected chi connectivity index (χ4v) is 2.32. The second-order valence-electron chi connectivity index (χ2n) is 5.14. The van der Waals surface area contributed by atoms with Crippen molar-refractivity contribution in [1.29, 1.82) is 0 Å². The third-order valence-corrected chi connectivity index (χ3v) is 4.02. The van der Waals surface area contributed by atoms with Gasteiger partial charge in [-0.1, -0.05) is 26.7 Å². The molecular weight excluding hydrogens is 200 g/mol. The van der Waals surface area contributed by atoms with E-state index in [1.165, 1.54) is 25.7 Å². The van der Waals surface area contributed by atoms with Gasteiger partial charge in [-0.05, 0) is 19.3 Å². The van der Waals surface area contributed by atoms with E-state index in [1.54, 1.807) is 0 Å². The van der Waals surface area contributed by atoms with Crippen LogP contribution in [0.25, 0.3) is 0 Å². The van der Waals surface area contributed by atoms with Crippen molar-refractivity contribution < 1.29 is 0 Å². The average molecular weight is 222 g/mol. The van der Waals surface area contributed by atoms with Crippen molar-refractivity contribution in [2.75, 3.05) is 6.54 Å². The molecule has 1 aliphatic carbocycles. The summed E-state index contributed by atoms with van der Waals surface area (Å²) >= 11 is 0. The van der Waals surface area contributed by atoms with Gasteiger partial charge in [0.2, 0.25) is 0 Å². The van der Waals surface area contributed by atoms with Crippen molar-refractivity contribution in [2.24, 2.45) is 5.73 Å². The van der Waals surface area contributed by atoms with Crippen molar-refractivity contribution in [1.82, 2.24) is 15.2 Å². The first-order chi connectivity index (χ1) is 7.69. The minimum absolute atomic E-state index is 0.0760. The van der Waals surface area contributed by atoms with Crippen LogP contribution in [0, 0.1) is 0 Å². The highest BCUT2D eigenvalue weighted by molar-refractivity contribution is 5.09. The molecule has 0 saturated heterocycles. The van der Waals surface area contributed by atoms with Gasteiger partial charge in [-0.3, -0.25) is 5.10 Å². The predicted molar refractivity (Wildman–Crippen MR) is 64.3 cm³/mol. The smallest absolute Gasteiger partial charge is 0.157 e. The van der Waals surface area contributed by atoms with Crippen LogP contribution in [0.2, 0.25) is 0 Å². The Bertz CT molecular complexity index is 335. The van der Waals surface area contributed by atoms with E-state index in [0.29, 0.717) is 12.5 Å². The molecule has 1 atom stereocenters. The number of H-pyrrole nitrogens is 1. The highest BCUT2D eigenvalue weighted by Gasteiger charge is 2.29. The molecule has 0 aromatic carbocycles. The maximum absolute atomic E-state index is 5.82. The van der Waals surface area contributed by atoms with Crippen molar-refractivity contribution in [3.8, 4) is 0 Å². The summed E-state index contributed by atoms with van der Waals surface area (Å²) in [5, 5.41) is 7.46. The number of aromatic amines is 1. The molecule has 1 heterocycles. The fourth-order valence-electron chi connectivity index (χ4n) is 2.32. The van der Waals surface area contributed by atoms with E-state index in [0.717, 1.165) is 18.1 Å². The second-order valence-corrected chi connectivity index (χ2v) is 5.14. The molecule has 16 heavy (non-hydrogen) atoms. The standard InChI is InChI=1S/C12H22N4/c1-3-12(2,8-13)11-14-10(15-16-11)9-6-4-5-7-9/h9H,3-8,13H2,1-2H3,(H,14,15,16). The molecule has 4 heteroatoms.